The standard InChI is InChI=1S/C26H25N3O2S/c1-18-7-11-20(12-8-18)15-27-24(30)17-32-26-28-23-6-4-3-5-22(23)25(31)29(26)16-21-13-9-19(2)10-14-21/h3-14H,15-17H2,1-2H3,(H,27,30). The molecule has 0 spiro atoms. The van der Waals surface area contributed by atoms with Gasteiger partial charge >= 0.3 is 0 Å². The molecular formula is C26H25N3O2S. The minimum Gasteiger partial charge on any atom is -0.351 e. The summed E-state index contributed by atoms with van der Waals surface area (Å²) in [7, 11) is 0. The highest BCUT2D eigenvalue weighted by atomic mass is 32.2. The van der Waals surface area contributed by atoms with Crippen molar-refractivity contribution >= 4 is 28.6 Å². The number of aromatic nitrogens is 2. The van der Waals surface area contributed by atoms with Crippen LogP contribution >= 0.6 is 11.8 Å². The molecule has 0 saturated carbocycles. The zero-order chi connectivity index (χ0) is 22.5. The third-order valence-corrected chi connectivity index (χ3v) is 6.21. The molecule has 0 aliphatic heterocycles. The quantitative estimate of drug-likeness (QED) is 0.338. The predicted molar refractivity (Wildman–Crippen MR) is 130 cm³/mol. The summed E-state index contributed by atoms with van der Waals surface area (Å²) in [6.45, 7) is 4.95. The summed E-state index contributed by atoms with van der Waals surface area (Å²) < 4.78 is 1.66. The highest BCUT2D eigenvalue weighted by Crippen LogP contribution is 2.19. The van der Waals surface area contributed by atoms with E-state index in [2.05, 4.69) is 5.32 Å². The van der Waals surface area contributed by atoms with E-state index in [4.69, 9.17) is 4.98 Å². The molecule has 0 atom stereocenters. The number of carbonyl (C=O) groups excluding carboxylic acids is 1. The summed E-state index contributed by atoms with van der Waals surface area (Å²) in [5, 5.41) is 4.06. The van der Waals surface area contributed by atoms with Crippen molar-refractivity contribution in [2.24, 2.45) is 0 Å². The molecule has 1 aromatic heterocycles. The number of nitrogens with zero attached hydrogens (tertiary/aromatic N) is 2. The number of thioether (sulfide) groups is 1. The number of nitrogens with one attached hydrogen (secondary N) is 1. The van der Waals surface area contributed by atoms with Crippen LogP contribution in [0.5, 0.6) is 0 Å². The number of aryl methyl sites for hydroxylation is 2. The van der Waals surface area contributed by atoms with E-state index in [1.54, 1.807) is 10.6 Å². The van der Waals surface area contributed by atoms with Gasteiger partial charge in [-0.1, -0.05) is 83.6 Å². The van der Waals surface area contributed by atoms with Gasteiger partial charge in [0.15, 0.2) is 5.16 Å². The molecule has 1 N–H and O–H groups in total. The molecule has 0 aliphatic rings. The molecule has 162 valence electrons. The van der Waals surface area contributed by atoms with Crippen LogP contribution < -0.4 is 10.9 Å². The Morgan fingerprint density at radius 2 is 1.53 bits per heavy atom. The van der Waals surface area contributed by atoms with Gasteiger partial charge in [-0.25, -0.2) is 4.98 Å². The number of benzene rings is 3. The predicted octanol–water partition coefficient (Wildman–Crippen LogP) is 4.47. The molecule has 32 heavy (non-hydrogen) atoms. The smallest absolute Gasteiger partial charge is 0.262 e. The van der Waals surface area contributed by atoms with Crippen molar-refractivity contribution in [2.75, 3.05) is 5.75 Å². The number of rotatable bonds is 7. The topological polar surface area (TPSA) is 64.0 Å². The van der Waals surface area contributed by atoms with Gasteiger partial charge in [0.2, 0.25) is 5.91 Å². The molecule has 3 aromatic carbocycles. The van der Waals surface area contributed by atoms with E-state index in [9.17, 15) is 9.59 Å². The van der Waals surface area contributed by atoms with Crippen LogP contribution in [0.2, 0.25) is 0 Å². The number of carbonyl (C=O) groups is 1. The van der Waals surface area contributed by atoms with Crippen LogP contribution in [0.15, 0.2) is 82.7 Å². The normalized spacial score (nSPS) is 10.9. The number of hydrogen-bond acceptors (Lipinski definition) is 4. The molecule has 0 fully saturated rings. The number of amides is 1. The highest BCUT2D eigenvalue weighted by molar-refractivity contribution is 7.99. The Balaban J connectivity index is 1.53. The minimum atomic E-state index is -0.0984. The lowest BCUT2D eigenvalue weighted by Crippen LogP contribution is -2.27. The van der Waals surface area contributed by atoms with Crippen LogP contribution in [0.3, 0.4) is 0 Å². The van der Waals surface area contributed by atoms with E-state index in [1.165, 1.54) is 17.3 Å². The summed E-state index contributed by atoms with van der Waals surface area (Å²) in [6, 6.07) is 23.5. The van der Waals surface area contributed by atoms with Crippen molar-refractivity contribution in [1.29, 1.82) is 0 Å². The van der Waals surface area contributed by atoms with E-state index in [1.807, 2.05) is 80.6 Å². The molecule has 0 aliphatic carbocycles. The number of fused-ring (bicyclic) bond motifs is 1. The first-order chi connectivity index (χ1) is 15.5. The maximum atomic E-state index is 13.2. The maximum Gasteiger partial charge on any atom is 0.262 e. The van der Waals surface area contributed by atoms with E-state index >= 15 is 0 Å². The molecular weight excluding hydrogens is 418 g/mol. The second-order valence-corrected chi connectivity index (χ2v) is 8.78. The molecule has 0 bridgehead atoms. The van der Waals surface area contributed by atoms with Gasteiger partial charge < -0.3 is 5.32 Å². The molecule has 0 saturated heterocycles. The number of para-hydroxylation sites is 1. The Morgan fingerprint density at radius 1 is 0.906 bits per heavy atom. The molecule has 1 amide bonds. The molecule has 0 unspecified atom stereocenters. The van der Waals surface area contributed by atoms with Gasteiger partial charge in [0, 0.05) is 6.54 Å². The summed E-state index contributed by atoms with van der Waals surface area (Å²) in [6.07, 6.45) is 0. The molecule has 4 rings (SSSR count). The highest BCUT2D eigenvalue weighted by Gasteiger charge is 2.14. The fourth-order valence-electron chi connectivity index (χ4n) is 3.36. The van der Waals surface area contributed by atoms with E-state index in [0.29, 0.717) is 29.1 Å². The first-order valence-corrected chi connectivity index (χ1v) is 11.5. The van der Waals surface area contributed by atoms with E-state index in [-0.39, 0.29) is 17.2 Å². The van der Waals surface area contributed by atoms with Crippen LogP contribution in [0, 0.1) is 13.8 Å². The summed E-state index contributed by atoms with van der Waals surface area (Å²) in [5.41, 5.74) is 4.95. The van der Waals surface area contributed by atoms with Crippen molar-refractivity contribution < 1.29 is 4.79 Å². The average Bonchev–Trinajstić information content (AvgIpc) is 2.80. The summed E-state index contributed by atoms with van der Waals surface area (Å²) in [4.78, 5) is 30.4. The van der Waals surface area contributed by atoms with Crippen LogP contribution in [-0.4, -0.2) is 21.2 Å². The molecule has 6 heteroatoms. The van der Waals surface area contributed by atoms with Gasteiger partial charge in [-0.05, 0) is 37.1 Å². The van der Waals surface area contributed by atoms with Crippen molar-refractivity contribution in [3.8, 4) is 0 Å². The Morgan fingerprint density at radius 3 is 2.22 bits per heavy atom. The lowest BCUT2D eigenvalue weighted by atomic mass is 10.1. The molecule has 4 aromatic rings. The fourth-order valence-corrected chi connectivity index (χ4v) is 4.19. The van der Waals surface area contributed by atoms with Gasteiger partial charge in [-0.3, -0.25) is 14.2 Å². The number of hydrogen-bond donors (Lipinski definition) is 1. The second-order valence-electron chi connectivity index (χ2n) is 7.84. The molecule has 1 heterocycles. The molecule has 0 radical (unpaired) electrons. The van der Waals surface area contributed by atoms with E-state index in [0.717, 1.165) is 16.7 Å². The van der Waals surface area contributed by atoms with E-state index < -0.39 is 0 Å². The molecule has 5 nitrogen and oxygen atoms in total. The van der Waals surface area contributed by atoms with Crippen LogP contribution in [0.25, 0.3) is 10.9 Å². The van der Waals surface area contributed by atoms with Crippen molar-refractivity contribution in [1.82, 2.24) is 14.9 Å². The third-order valence-electron chi connectivity index (χ3n) is 5.23. The fraction of sp³-hybridized carbons (Fsp3) is 0.192. The van der Waals surface area contributed by atoms with Gasteiger partial charge in [0.1, 0.15) is 0 Å². The largest absolute Gasteiger partial charge is 0.351 e. The van der Waals surface area contributed by atoms with Gasteiger partial charge in [0.25, 0.3) is 5.56 Å². The summed E-state index contributed by atoms with van der Waals surface area (Å²) in [5.74, 6) is 0.0877. The third kappa shape index (κ3) is 5.26. The van der Waals surface area contributed by atoms with Crippen molar-refractivity contribution in [3.63, 3.8) is 0 Å². The maximum absolute atomic E-state index is 13.2. The summed E-state index contributed by atoms with van der Waals surface area (Å²) >= 11 is 1.28. The Bertz CT molecular complexity index is 1300. The van der Waals surface area contributed by atoms with Gasteiger partial charge in [-0.2, -0.15) is 0 Å². The lowest BCUT2D eigenvalue weighted by molar-refractivity contribution is -0.118. The zero-order valence-corrected chi connectivity index (χ0v) is 19.0. The van der Waals surface area contributed by atoms with Crippen LogP contribution in [0.1, 0.15) is 22.3 Å². The van der Waals surface area contributed by atoms with Gasteiger partial charge in [0.05, 0.1) is 23.2 Å². The first-order valence-electron chi connectivity index (χ1n) is 10.5. The Labute approximate surface area is 191 Å². The van der Waals surface area contributed by atoms with Crippen LogP contribution in [-0.2, 0) is 17.9 Å². The lowest BCUT2D eigenvalue weighted by Gasteiger charge is -2.13. The Kier molecular flexibility index (Phi) is 6.71. The SMILES string of the molecule is Cc1ccc(CNC(=O)CSc2nc3ccccc3c(=O)n2Cc2ccc(C)cc2)cc1. The van der Waals surface area contributed by atoms with Gasteiger partial charge in [-0.15, -0.1) is 0 Å². The first kappa shape index (κ1) is 21.8. The minimum absolute atomic E-state index is 0.0973. The zero-order valence-electron chi connectivity index (χ0n) is 18.2. The second kappa shape index (κ2) is 9.83. The average molecular weight is 444 g/mol. The van der Waals surface area contributed by atoms with Crippen molar-refractivity contribution in [3.05, 3.63) is 105 Å². The van der Waals surface area contributed by atoms with Crippen molar-refractivity contribution in [2.45, 2.75) is 32.1 Å². The monoisotopic (exact) mass is 443 g/mol. The van der Waals surface area contributed by atoms with Crippen LogP contribution in [0.4, 0.5) is 0 Å². The Hall–Kier alpha value is -3.38.